The van der Waals surface area contributed by atoms with E-state index in [0.29, 0.717) is 5.69 Å². The Balaban J connectivity index is 1.74. The second-order valence-electron chi connectivity index (χ2n) is 7.21. The van der Waals surface area contributed by atoms with Crippen LogP contribution in [-0.4, -0.2) is 38.4 Å². The van der Waals surface area contributed by atoms with Gasteiger partial charge in [0.1, 0.15) is 0 Å². The molecule has 0 saturated heterocycles. The Morgan fingerprint density at radius 3 is 2.45 bits per heavy atom. The molecule has 2 aromatic carbocycles. The normalized spacial score (nSPS) is 12.0. The number of rotatable bonds is 7. The highest BCUT2D eigenvalue weighted by Gasteiger charge is 2.24. The number of aromatic nitrogens is 1. The highest BCUT2D eigenvalue weighted by Crippen LogP contribution is 2.23. The molecule has 172 valence electrons. The number of carbonyl (C=O) groups excluding carboxylic acids is 2. The molecule has 33 heavy (non-hydrogen) atoms. The number of carbonyl (C=O) groups is 2. The molecule has 0 bridgehead atoms. The fraction of sp³-hybridized carbons (Fsp3) is 0.174. The Bertz CT molecular complexity index is 1280. The van der Waals surface area contributed by atoms with Crippen LogP contribution in [0.15, 0.2) is 71.8 Å². The highest BCUT2D eigenvalue weighted by atomic mass is 35.5. The zero-order valence-corrected chi connectivity index (χ0v) is 19.7. The smallest absolute Gasteiger partial charge is 0.338 e. The number of amides is 1. The molecule has 1 atom stereocenters. The predicted molar refractivity (Wildman–Crippen MR) is 126 cm³/mol. The maximum atomic E-state index is 13.0. The lowest BCUT2D eigenvalue weighted by Crippen LogP contribution is -2.30. The Morgan fingerprint density at radius 1 is 1.09 bits per heavy atom. The van der Waals surface area contributed by atoms with E-state index in [4.69, 9.17) is 16.3 Å². The number of aryl methyl sites for hydroxylation is 1. The van der Waals surface area contributed by atoms with E-state index in [1.807, 2.05) is 6.92 Å². The average molecular weight is 488 g/mol. The molecule has 1 amide bonds. The first-order valence-corrected chi connectivity index (χ1v) is 11.7. The van der Waals surface area contributed by atoms with E-state index in [0.717, 1.165) is 9.87 Å². The molecule has 0 aliphatic rings. The van der Waals surface area contributed by atoms with Crippen LogP contribution in [0.2, 0.25) is 5.15 Å². The molecule has 1 unspecified atom stereocenters. The molecule has 0 saturated carbocycles. The molecular formula is C23H22ClN3O5S. The van der Waals surface area contributed by atoms with E-state index in [9.17, 15) is 18.0 Å². The molecule has 1 aromatic heterocycles. The number of ether oxygens (including phenoxy) is 1. The first-order chi connectivity index (χ1) is 15.6. The van der Waals surface area contributed by atoms with Crippen LogP contribution in [0.25, 0.3) is 0 Å². The van der Waals surface area contributed by atoms with Crippen molar-refractivity contribution in [3.05, 3.63) is 83.1 Å². The van der Waals surface area contributed by atoms with Crippen molar-refractivity contribution in [1.82, 2.24) is 4.98 Å². The molecule has 1 heterocycles. The number of hydrogen-bond acceptors (Lipinski definition) is 6. The molecule has 3 rings (SSSR count). The molecule has 0 radical (unpaired) electrons. The summed E-state index contributed by atoms with van der Waals surface area (Å²) in [4.78, 5) is 28.7. The van der Waals surface area contributed by atoms with Crippen LogP contribution in [-0.2, 0) is 19.6 Å². The second kappa shape index (κ2) is 10.0. The predicted octanol–water partition coefficient (Wildman–Crippen LogP) is 4.05. The maximum absolute atomic E-state index is 13.0. The van der Waals surface area contributed by atoms with E-state index in [1.165, 1.54) is 44.4 Å². The monoisotopic (exact) mass is 487 g/mol. The fourth-order valence-corrected chi connectivity index (χ4v) is 4.24. The summed E-state index contributed by atoms with van der Waals surface area (Å²) in [5, 5.41) is 2.62. The third-order valence-corrected chi connectivity index (χ3v) is 6.88. The quantitative estimate of drug-likeness (QED) is 0.398. The summed E-state index contributed by atoms with van der Waals surface area (Å²) in [5.41, 5.74) is 1.75. The zero-order chi connectivity index (χ0) is 24.2. The molecule has 1 N–H and O–H groups in total. The van der Waals surface area contributed by atoms with Crippen LogP contribution < -0.4 is 9.62 Å². The Morgan fingerprint density at radius 2 is 1.79 bits per heavy atom. The van der Waals surface area contributed by atoms with Gasteiger partial charge >= 0.3 is 5.97 Å². The number of esters is 1. The molecule has 0 aliphatic carbocycles. The van der Waals surface area contributed by atoms with Crippen LogP contribution in [0.4, 0.5) is 11.4 Å². The molecular weight excluding hydrogens is 466 g/mol. The first kappa shape index (κ1) is 24.2. The van der Waals surface area contributed by atoms with Crippen molar-refractivity contribution < 1.29 is 22.7 Å². The van der Waals surface area contributed by atoms with Gasteiger partial charge in [-0.05, 0) is 56.3 Å². The van der Waals surface area contributed by atoms with E-state index in [2.05, 4.69) is 10.3 Å². The van der Waals surface area contributed by atoms with Gasteiger partial charge in [0.05, 0.1) is 21.8 Å². The molecule has 10 heteroatoms. The van der Waals surface area contributed by atoms with E-state index >= 15 is 0 Å². The van der Waals surface area contributed by atoms with Gasteiger partial charge in [0, 0.05) is 13.2 Å². The highest BCUT2D eigenvalue weighted by molar-refractivity contribution is 7.92. The van der Waals surface area contributed by atoms with Gasteiger partial charge in [0.15, 0.2) is 11.3 Å². The largest absolute Gasteiger partial charge is 0.449 e. The molecule has 0 aliphatic heterocycles. The topological polar surface area (TPSA) is 106 Å². The Hall–Kier alpha value is -3.43. The van der Waals surface area contributed by atoms with Crippen molar-refractivity contribution in [2.45, 2.75) is 24.8 Å². The van der Waals surface area contributed by atoms with E-state index < -0.39 is 28.0 Å². The van der Waals surface area contributed by atoms with Crippen molar-refractivity contribution in [1.29, 1.82) is 0 Å². The van der Waals surface area contributed by atoms with Crippen LogP contribution in [0.1, 0.15) is 22.8 Å². The minimum absolute atomic E-state index is 0.00700. The van der Waals surface area contributed by atoms with Gasteiger partial charge in [0.2, 0.25) is 0 Å². The summed E-state index contributed by atoms with van der Waals surface area (Å²) in [6, 6.07) is 15.6. The second-order valence-corrected chi connectivity index (χ2v) is 9.54. The van der Waals surface area contributed by atoms with E-state index in [1.54, 1.807) is 36.4 Å². The van der Waals surface area contributed by atoms with Crippen molar-refractivity contribution in [3.8, 4) is 0 Å². The third-order valence-electron chi connectivity index (χ3n) is 4.80. The molecule has 0 fully saturated rings. The van der Waals surface area contributed by atoms with Gasteiger partial charge in [-0.1, -0.05) is 35.4 Å². The summed E-state index contributed by atoms with van der Waals surface area (Å²) in [5.74, 6) is -1.45. The van der Waals surface area contributed by atoms with Crippen molar-refractivity contribution in [2.24, 2.45) is 0 Å². The minimum Gasteiger partial charge on any atom is -0.449 e. The number of pyridine rings is 1. The average Bonchev–Trinajstić information content (AvgIpc) is 2.80. The summed E-state index contributed by atoms with van der Waals surface area (Å²) in [6.07, 6.45) is 0.308. The number of benzene rings is 2. The van der Waals surface area contributed by atoms with Crippen LogP contribution in [0.3, 0.4) is 0 Å². The minimum atomic E-state index is -3.93. The fourth-order valence-electron chi connectivity index (χ4n) is 2.83. The molecule has 8 nitrogen and oxygen atoms in total. The van der Waals surface area contributed by atoms with Gasteiger partial charge in [-0.3, -0.25) is 9.10 Å². The van der Waals surface area contributed by atoms with E-state index in [-0.39, 0.29) is 21.3 Å². The number of sulfonamides is 1. The number of hydrogen-bond donors (Lipinski definition) is 1. The maximum Gasteiger partial charge on any atom is 0.338 e. The molecule has 3 aromatic rings. The lowest BCUT2D eigenvalue weighted by atomic mass is 10.2. The van der Waals surface area contributed by atoms with Gasteiger partial charge in [-0.15, -0.1) is 0 Å². The Kier molecular flexibility index (Phi) is 7.35. The first-order valence-electron chi connectivity index (χ1n) is 9.87. The Labute approximate surface area is 197 Å². The molecule has 0 spiro atoms. The SMILES string of the molecule is Cc1ccc(N(C)S(=O)(=O)c2cccc(C(=O)OC(C)C(=O)Nc3cccnc3Cl)c2)cc1. The van der Waals surface area contributed by atoms with Gasteiger partial charge in [0.25, 0.3) is 15.9 Å². The van der Waals surface area contributed by atoms with Crippen molar-refractivity contribution in [2.75, 3.05) is 16.7 Å². The van der Waals surface area contributed by atoms with Crippen molar-refractivity contribution >= 4 is 44.9 Å². The summed E-state index contributed by atoms with van der Waals surface area (Å²) in [7, 11) is -2.49. The lowest BCUT2D eigenvalue weighted by molar-refractivity contribution is -0.123. The van der Waals surface area contributed by atoms with Crippen LogP contribution >= 0.6 is 11.6 Å². The van der Waals surface area contributed by atoms with Crippen molar-refractivity contribution in [3.63, 3.8) is 0 Å². The standard InChI is InChI=1S/C23H22ClN3O5S/c1-15-9-11-18(12-10-15)27(3)33(30,31)19-7-4-6-17(14-19)23(29)32-16(2)22(28)26-20-8-5-13-25-21(20)24/h4-14,16H,1-3H3,(H,26,28). The summed E-state index contributed by atoms with van der Waals surface area (Å²) < 4.78 is 32.4. The number of nitrogens with one attached hydrogen (secondary N) is 1. The van der Waals surface area contributed by atoms with Gasteiger partial charge in [-0.25, -0.2) is 18.2 Å². The zero-order valence-electron chi connectivity index (χ0n) is 18.2. The third kappa shape index (κ3) is 5.68. The number of halogens is 1. The van der Waals surface area contributed by atoms with Gasteiger partial charge in [-0.2, -0.15) is 0 Å². The van der Waals surface area contributed by atoms with Gasteiger partial charge < -0.3 is 10.1 Å². The summed E-state index contributed by atoms with van der Waals surface area (Å²) in [6.45, 7) is 3.29. The van der Waals surface area contributed by atoms with Crippen LogP contribution in [0.5, 0.6) is 0 Å². The number of anilines is 2. The lowest BCUT2D eigenvalue weighted by Gasteiger charge is -2.20. The summed E-state index contributed by atoms with van der Waals surface area (Å²) >= 11 is 5.92. The number of nitrogens with zero attached hydrogens (tertiary/aromatic N) is 2. The van der Waals surface area contributed by atoms with Crippen LogP contribution in [0, 0.1) is 6.92 Å².